The van der Waals surface area contributed by atoms with E-state index in [0.29, 0.717) is 36.9 Å². The molecule has 0 bridgehead atoms. The second-order valence-electron chi connectivity index (χ2n) is 5.89. The average Bonchev–Trinajstić information content (AvgIpc) is 3.06. The van der Waals surface area contributed by atoms with Crippen molar-refractivity contribution in [3.05, 3.63) is 0 Å². The van der Waals surface area contributed by atoms with Crippen LogP contribution in [-0.4, -0.2) is 28.1 Å². The first-order valence-electron chi connectivity index (χ1n) is 7.34. The fourth-order valence-electron chi connectivity index (χ4n) is 2.62. The smallest absolute Gasteiger partial charge is 0.309 e. The lowest BCUT2D eigenvalue weighted by Crippen LogP contribution is -2.28. The summed E-state index contributed by atoms with van der Waals surface area (Å²) in [5.74, 6) is -0.489. The first-order valence-corrected chi connectivity index (χ1v) is 7.34. The van der Waals surface area contributed by atoms with Crippen molar-refractivity contribution in [1.29, 1.82) is 0 Å². The molecule has 0 unspecified atom stereocenters. The molecule has 1 saturated carbocycles. The summed E-state index contributed by atoms with van der Waals surface area (Å²) in [6.07, 6.45) is 2.60. The number of rotatable bonds is 9. The number of hydrogen-bond acceptors (Lipinski definition) is 3. The summed E-state index contributed by atoms with van der Waals surface area (Å²) < 4.78 is 0. The molecule has 0 aromatic rings. The standard InChI is InChI=1S/C15H26O4/c1-4-9(3)13(16)7-10-6-11(10)8-14(17)12(5-2)15(18)19/h9-12,14,17H,4-8H2,1-3H3,(H,18,19)/t9-,10+,11-,12+,14+/m0/s1. The molecule has 110 valence electrons. The van der Waals surface area contributed by atoms with Crippen molar-refractivity contribution in [1.82, 2.24) is 0 Å². The van der Waals surface area contributed by atoms with E-state index in [4.69, 9.17) is 5.11 Å². The monoisotopic (exact) mass is 270 g/mol. The molecule has 0 aromatic carbocycles. The number of aliphatic carboxylic acids is 1. The first kappa shape index (κ1) is 16.2. The molecular weight excluding hydrogens is 244 g/mol. The number of carbonyl (C=O) groups is 2. The number of carbonyl (C=O) groups excluding carboxylic acids is 1. The van der Waals surface area contributed by atoms with E-state index in [9.17, 15) is 14.7 Å². The van der Waals surface area contributed by atoms with Gasteiger partial charge in [0.05, 0.1) is 12.0 Å². The zero-order chi connectivity index (χ0) is 14.6. The molecule has 0 heterocycles. The Kier molecular flexibility index (Phi) is 5.98. The van der Waals surface area contributed by atoms with E-state index in [0.717, 1.165) is 12.8 Å². The summed E-state index contributed by atoms with van der Waals surface area (Å²) >= 11 is 0. The van der Waals surface area contributed by atoms with Crippen molar-refractivity contribution in [3.8, 4) is 0 Å². The Morgan fingerprint density at radius 1 is 1.21 bits per heavy atom. The van der Waals surface area contributed by atoms with Crippen LogP contribution in [0, 0.1) is 23.7 Å². The lowest BCUT2D eigenvalue weighted by atomic mass is 9.93. The molecule has 2 N–H and O–H groups in total. The fourth-order valence-corrected chi connectivity index (χ4v) is 2.62. The number of aliphatic hydroxyl groups excluding tert-OH is 1. The van der Waals surface area contributed by atoms with Crippen LogP contribution in [0.15, 0.2) is 0 Å². The van der Waals surface area contributed by atoms with Crippen molar-refractivity contribution in [3.63, 3.8) is 0 Å². The maximum Gasteiger partial charge on any atom is 0.309 e. The van der Waals surface area contributed by atoms with Gasteiger partial charge in [0.1, 0.15) is 5.78 Å². The van der Waals surface area contributed by atoms with E-state index in [2.05, 4.69) is 0 Å². The van der Waals surface area contributed by atoms with Gasteiger partial charge in [0.2, 0.25) is 0 Å². The van der Waals surface area contributed by atoms with Crippen LogP contribution in [0.3, 0.4) is 0 Å². The fraction of sp³-hybridized carbons (Fsp3) is 0.867. The van der Waals surface area contributed by atoms with Gasteiger partial charge in [-0.1, -0.05) is 20.8 Å². The predicted molar refractivity (Wildman–Crippen MR) is 72.7 cm³/mol. The van der Waals surface area contributed by atoms with Crippen LogP contribution >= 0.6 is 0 Å². The van der Waals surface area contributed by atoms with E-state index >= 15 is 0 Å². The molecule has 4 nitrogen and oxygen atoms in total. The molecule has 0 radical (unpaired) electrons. The third-order valence-electron chi connectivity index (χ3n) is 4.46. The topological polar surface area (TPSA) is 74.6 Å². The zero-order valence-corrected chi connectivity index (χ0v) is 12.1. The molecule has 0 aliphatic heterocycles. The van der Waals surface area contributed by atoms with Crippen LogP contribution in [0.2, 0.25) is 0 Å². The molecule has 5 atom stereocenters. The van der Waals surface area contributed by atoms with Gasteiger partial charge in [0.15, 0.2) is 0 Å². The Bertz CT molecular complexity index is 326. The van der Waals surface area contributed by atoms with Crippen LogP contribution in [0.5, 0.6) is 0 Å². The lowest BCUT2D eigenvalue weighted by molar-refractivity contribution is -0.146. The largest absolute Gasteiger partial charge is 0.481 e. The maximum atomic E-state index is 11.8. The van der Waals surface area contributed by atoms with Gasteiger partial charge in [0, 0.05) is 12.3 Å². The summed E-state index contributed by atoms with van der Waals surface area (Å²) in [5.41, 5.74) is 0. The lowest BCUT2D eigenvalue weighted by Gasteiger charge is -2.17. The number of carboxylic acid groups (broad SMARTS) is 1. The molecule has 0 spiro atoms. The Hall–Kier alpha value is -0.900. The SMILES string of the molecule is CC[C@H](C)C(=O)C[C@H]1C[C@H]1C[C@@H](O)[C@@H](CC)C(=O)O. The van der Waals surface area contributed by atoms with Crippen LogP contribution in [-0.2, 0) is 9.59 Å². The molecule has 4 heteroatoms. The molecule has 1 aliphatic rings. The van der Waals surface area contributed by atoms with Crippen LogP contribution in [0.4, 0.5) is 0 Å². The molecular formula is C15H26O4. The third kappa shape index (κ3) is 4.60. The molecule has 0 aromatic heterocycles. The van der Waals surface area contributed by atoms with Gasteiger partial charge in [0.25, 0.3) is 0 Å². The average molecular weight is 270 g/mol. The molecule has 19 heavy (non-hydrogen) atoms. The van der Waals surface area contributed by atoms with E-state index in [-0.39, 0.29) is 5.92 Å². The minimum absolute atomic E-state index is 0.119. The summed E-state index contributed by atoms with van der Waals surface area (Å²) in [6, 6.07) is 0. The van der Waals surface area contributed by atoms with Crippen LogP contribution in [0.25, 0.3) is 0 Å². The number of aliphatic hydroxyl groups is 1. The quantitative estimate of drug-likeness (QED) is 0.675. The highest BCUT2D eigenvalue weighted by atomic mass is 16.4. The maximum absolute atomic E-state index is 11.8. The van der Waals surface area contributed by atoms with Crippen molar-refractivity contribution in [2.24, 2.45) is 23.7 Å². The highest BCUT2D eigenvalue weighted by Crippen LogP contribution is 2.45. The third-order valence-corrected chi connectivity index (χ3v) is 4.46. The van der Waals surface area contributed by atoms with Crippen molar-refractivity contribution in [2.75, 3.05) is 0 Å². The number of Topliss-reactive ketones (excluding diaryl/α,β-unsaturated/α-hetero) is 1. The number of carboxylic acids is 1. The molecule has 1 fully saturated rings. The summed E-state index contributed by atoms with van der Waals surface area (Å²) in [7, 11) is 0. The van der Waals surface area contributed by atoms with Gasteiger partial charge in [-0.3, -0.25) is 9.59 Å². The Labute approximate surface area is 115 Å². The minimum Gasteiger partial charge on any atom is -0.481 e. The van der Waals surface area contributed by atoms with Gasteiger partial charge in [-0.25, -0.2) is 0 Å². The first-order chi connectivity index (χ1) is 8.90. The predicted octanol–water partition coefficient (Wildman–Crippen LogP) is 2.49. The normalized spacial score (nSPS) is 26.5. The second-order valence-corrected chi connectivity index (χ2v) is 5.89. The number of hydrogen-bond donors (Lipinski definition) is 2. The van der Waals surface area contributed by atoms with Crippen molar-refractivity contribution < 1.29 is 19.8 Å². The van der Waals surface area contributed by atoms with Gasteiger partial charge in [-0.15, -0.1) is 0 Å². The van der Waals surface area contributed by atoms with Crippen LogP contribution in [0.1, 0.15) is 52.9 Å². The Balaban J connectivity index is 2.34. The Morgan fingerprint density at radius 3 is 2.32 bits per heavy atom. The van der Waals surface area contributed by atoms with E-state index in [1.807, 2.05) is 13.8 Å². The van der Waals surface area contributed by atoms with Gasteiger partial charge < -0.3 is 10.2 Å². The Morgan fingerprint density at radius 2 is 1.84 bits per heavy atom. The molecule has 1 aliphatic carbocycles. The number of ketones is 1. The second kappa shape index (κ2) is 7.04. The van der Waals surface area contributed by atoms with Crippen LogP contribution < -0.4 is 0 Å². The van der Waals surface area contributed by atoms with E-state index in [1.54, 1.807) is 6.92 Å². The highest BCUT2D eigenvalue weighted by Gasteiger charge is 2.41. The van der Waals surface area contributed by atoms with Gasteiger partial charge in [-0.05, 0) is 37.5 Å². The molecule has 1 rings (SSSR count). The molecule has 0 amide bonds. The van der Waals surface area contributed by atoms with Crippen molar-refractivity contribution >= 4 is 11.8 Å². The summed E-state index contributed by atoms with van der Waals surface area (Å²) in [5, 5.41) is 18.9. The van der Waals surface area contributed by atoms with Crippen molar-refractivity contribution in [2.45, 2.75) is 59.0 Å². The van der Waals surface area contributed by atoms with Gasteiger partial charge >= 0.3 is 5.97 Å². The minimum atomic E-state index is -0.928. The summed E-state index contributed by atoms with van der Waals surface area (Å²) in [4.78, 5) is 22.7. The van der Waals surface area contributed by atoms with E-state index in [1.165, 1.54) is 0 Å². The highest BCUT2D eigenvalue weighted by molar-refractivity contribution is 5.81. The zero-order valence-electron chi connectivity index (χ0n) is 12.1. The van der Waals surface area contributed by atoms with Gasteiger partial charge in [-0.2, -0.15) is 0 Å². The molecule has 0 saturated heterocycles. The van der Waals surface area contributed by atoms with E-state index < -0.39 is 18.0 Å². The summed E-state index contributed by atoms with van der Waals surface area (Å²) in [6.45, 7) is 5.74.